The molecule has 31 heavy (non-hydrogen) atoms. The quantitative estimate of drug-likeness (QED) is 0.521. The van der Waals surface area contributed by atoms with E-state index in [0.29, 0.717) is 11.4 Å². The van der Waals surface area contributed by atoms with Gasteiger partial charge >= 0.3 is 0 Å². The number of fused-ring (bicyclic) bond motifs is 7. The molecule has 7 heteroatoms. The zero-order valence-corrected chi connectivity index (χ0v) is 18.4. The van der Waals surface area contributed by atoms with Crippen molar-refractivity contribution < 1.29 is 4.79 Å². The highest BCUT2D eigenvalue weighted by molar-refractivity contribution is 6.05. The van der Waals surface area contributed by atoms with Crippen LogP contribution in [0.15, 0.2) is 30.6 Å². The molecule has 4 heterocycles. The molecule has 160 valence electrons. The largest absolute Gasteiger partial charge is 0.383 e. The first-order valence-electron chi connectivity index (χ1n) is 10.9. The summed E-state index contributed by atoms with van der Waals surface area (Å²) >= 11 is 0. The van der Waals surface area contributed by atoms with Crippen LogP contribution in [0.25, 0.3) is 33.2 Å². The van der Waals surface area contributed by atoms with Crippen LogP contribution >= 0.6 is 0 Å². The Kier molecular flexibility index (Phi) is 4.50. The molecule has 1 aliphatic rings. The molecule has 3 N–H and O–H groups in total. The van der Waals surface area contributed by atoms with Gasteiger partial charge in [-0.1, -0.05) is 6.07 Å². The Labute approximate surface area is 181 Å². The molecular weight excluding hydrogens is 388 g/mol. The summed E-state index contributed by atoms with van der Waals surface area (Å²) in [5, 5.41) is 5.03. The third kappa shape index (κ3) is 2.99. The first-order valence-corrected chi connectivity index (χ1v) is 10.9. The molecule has 0 saturated heterocycles. The minimum absolute atomic E-state index is 0.0455. The topological polar surface area (TPSA) is 90.8 Å². The number of amides is 1. The van der Waals surface area contributed by atoms with Crippen LogP contribution in [0.4, 0.5) is 5.82 Å². The molecule has 0 saturated carbocycles. The van der Waals surface area contributed by atoms with Gasteiger partial charge in [0.05, 0.1) is 11.1 Å². The summed E-state index contributed by atoms with van der Waals surface area (Å²) in [5.74, 6) is 0.465. The second-order valence-corrected chi connectivity index (χ2v) is 8.93. The van der Waals surface area contributed by atoms with E-state index in [1.165, 1.54) is 5.69 Å². The molecule has 7 nitrogen and oxygen atoms in total. The number of hydrogen-bond donors (Lipinski definition) is 2. The van der Waals surface area contributed by atoms with Gasteiger partial charge < -0.3 is 20.2 Å². The summed E-state index contributed by atoms with van der Waals surface area (Å²) in [6.45, 7) is 9.18. The lowest BCUT2D eigenvalue weighted by molar-refractivity contribution is 0.0943. The highest BCUT2D eigenvalue weighted by Gasteiger charge is 2.28. The van der Waals surface area contributed by atoms with E-state index in [9.17, 15) is 4.79 Å². The number of nitrogens with zero attached hydrogens (tertiary/aromatic N) is 4. The molecule has 1 aromatic carbocycles. The number of nitrogens with two attached hydrogens (primary N) is 1. The third-order valence-electron chi connectivity index (χ3n) is 6.07. The van der Waals surface area contributed by atoms with E-state index < -0.39 is 0 Å². The summed E-state index contributed by atoms with van der Waals surface area (Å²) in [5.41, 5.74) is 12.5. The average Bonchev–Trinajstić information content (AvgIpc) is 3.17. The first-order chi connectivity index (χ1) is 14.9. The van der Waals surface area contributed by atoms with E-state index in [-0.39, 0.29) is 18.0 Å². The van der Waals surface area contributed by atoms with Crippen LogP contribution < -0.4 is 11.1 Å². The van der Waals surface area contributed by atoms with Crippen molar-refractivity contribution in [3.05, 3.63) is 41.9 Å². The van der Waals surface area contributed by atoms with Gasteiger partial charge in [0.25, 0.3) is 5.91 Å². The van der Waals surface area contributed by atoms with Gasteiger partial charge in [-0.3, -0.25) is 4.79 Å². The van der Waals surface area contributed by atoms with Crippen LogP contribution in [0, 0.1) is 0 Å². The van der Waals surface area contributed by atoms with Crippen molar-refractivity contribution in [2.24, 2.45) is 0 Å². The van der Waals surface area contributed by atoms with Crippen molar-refractivity contribution in [2.75, 3.05) is 5.73 Å². The van der Waals surface area contributed by atoms with Gasteiger partial charge in [0, 0.05) is 46.4 Å². The summed E-state index contributed by atoms with van der Waals surface area (Å²) in [6, 6.07) is 8.51. The fraction of sp³-hybridized carbons (Fsp3) is 0.375. The number of aromatic nitrogens is 4. The molecule has 1 aliphatic heterocycles. The highest BCUT2D eigenvalue weighted by atomic mass is 16.1. The Bertz CT molecular complexity index is 1330. The normalized spacial score (nSPS) is 13.6. The molecule has 1 amide bonds. The van der Waals surface area contributed by atoms with Gasteiger partial charge in [0.2, 0.25) is 0 Å². The molecule has 0 fully saturated rings. The molecule has 0 aliphatic carbocycles. The Balaban J connectivity index is 1.79. The SMILES string of the molecule is CC(C)NC(=O)c1ccc2cc3n(c2c1)CCCc1c-3c2c(N)ncnc2n1C(C)C. The van der Waals surface area contributed by atoms with Crippen molar-refractivity contribution >= 4 is 33.7 Å². The van der Waals surface area contributed by atoms with Crippen LogP contribution in [-0.4, -0.2) is 31.1 Å². The number of carbonyl (C=O) groups excluding carboxylic acids is 1. The zero-order chi connectivity index (χ0) is 21.9. The van der Waals surface area contributed by atoms with Crippen LogP contribution in [0.2, 0.25) is 0 Å². The lowest BCUT2D eigenvalue weighted by atomic mass is 10.1. The van der Waals surface area contributed by atoms with Gasteiger partial charge in [-0.2, -0.15) is 0 Å². The van der Waals surface area contributed by atoms with Crippen LogP contribution in [0.3, 0.4) is 0 Å². The van der Waals surface area contributed by atoms with Gasteiger partial charge in [0.1, 0.15) is 17.8 Å². The predicted molar refractivity (Wildman–Crippen MR) is 124 cm³/mol. The number of nitrogens with one attached hydrogen (secondary N) is 1. The maximum Gasteiger partial charge on any atom is 0.251 e. The average molecular weight is 417 g/mol. The minimum Gasteiger partial charge on any atom is -0.383 e. The predicted octanol–water partition coefficient (Wildman–Crippen LogP) is 4.30. The standard InChI is InChI=1S/C24H28N6O/c1-13(2)28-24(31)16-8-7-15-10-19-20-17(6-5-9-29(19)18(15)11-16)30(14(3)4)23-21(20)22(25)26-12-27-23/h7-8,10-14H,5-6,9H2,1-4H3,(H,28,31)(H2,25,26,27). The Morgan fingerprint density at radius 2 is 1.97 bits per heavy atom. The Hall–Kier alpha value is -3.35. The number of anilines is 1. The Morgan fingerprint density at radius 3 is 2.71 bits per heavy atom. The molecule has 3 aromatic heterocycles. The van der Waals surface area contributed by atoms with Crippen molar-refractivity contribution in [3.63, 3.8) is 0 Å². The van der Waals surface area contributed by atoms with E-state index in [2.05, 4.69) is 44.3 Å². The zero-order valence-electron chi connectivity index (χ0n) is 18.4. The van der Waals surface area contributed by atoms with E-state index in [1.807, 2.05) is 32.0 Å². The van der Waals surface area contributed by atoms with Gasteiger partial charge in [-0.25, -0.2) is 9.97 Å². The monoisotopic (exact) mass is 416 g/mol. The van der Waals surface area contributed by atoms with Gasteiger partial charge in [-0.15, -0.1) is 0 Å². The van der Waals surface area contributed by atoms with E-state index in [4.69, 9.17) is 5.73 Å². The maximum absolute atomic E-state index is 12.6. The summed E-state index contributed by atoms with van der Waals surface area (Å²) in [7, 11) is 0. The van der Waals surface area contributed by atoms with Crippen LogP contribution in [0.1, 0.15) is 56.2 Å². The number of carbonyl (C=O) groups is 1. The molecule has 0 spiro atoms. The van der Waals surface area contributed by atoms with Gasteiger partial charge in [-0.05, 0) is 58.7 Å². The number of nitrogen functional groups attached to an aromatic ring is 1. The van der Waals surface area contributed by atoms with E-state index in [1.54, 1.807) is 6.33 Å². The lowest BCUT2D eigenvalue weighted by Gasteiger charge is -2.13. The molecule has 0 bridgehead atoms. The van der Waals surface area contributed by atoms with E-state index >= 15 is 0 Å². The number of benzene rings is 1. The van der Waals surface area contributed by atoms with Crippen LogP contribution in [-0.2, 0) is 13.0 Å². The minimum atomic E-state index is -0.0455. The second kappa shape index (κ2) is 7.11. The summed E-state index contributed by atoms with van der Waals surface area (Å²) < 4.78 is 4.63. The van der Waals surface area contributed by atoms with Crippen LogP contribution in [0.5, 0.6) is 0 Å². The third-order valence-corrected chi connectivity index (χ3v) is 6.07. The van der Waals surface area contributed by atoms with Gasteiger partial charge in [0.15, 0.2) is 0 Å². The summed E-state index contributed by atoms with van der Waals surface area (Å²) in [6.07, 6.45) is 3.49. The smallest absolute Gasteiger partial charge is 0.251 e. The number of aryl methyl sites for hydroxylation is 1. The van der Waals surface area contributed by atoms with Crippen molar-refractivity contribution in [3.8, 4) is 11.3 Å². The molecule has 4 aromatic rings. The molecule has 5 rings (SSSR count). The van der Waals surface area contributed by atoms with Crippen molar-refractivity contribution in [1.29, 1.82) is 0 Å². The second-order valence-electron chi connectivity index (χ2n) is 8.93. The highest BCUT2D eigenvalue weighted by Crippen LogP contribution is 2.42. The first kappa shape index (κ1) is 19.6. The maximum atomic E-state index is 12.6. The lowest BCUT2D eigenvalue weighted by Crippen LogP contribution is -2.30. The van der Waals surface area contributed by atoms with Crippen molar-refractivity contribution in [1.82, 2.24) is 24.4 Å². The molecular formula is C24H28N6O. The number of rotatable bonds is 3. The molecule has 0 unspecified atom stereocenters. The molecule has 0 radical (unpaired) electrons. The summed E-state index contributed by atoms with van der Waals surface area (Å²) in [4.78, 5) is 21.5. The Morgan fingerprint density at radius 1 is 1.16 bits per heavy atom. The number of hydrogen-bond acceptors (Lipinski definition) is 4. The van der Waals surface area contributed by atoms with Crippen molar-refractivity contribution in [2.45, 2.75) is 59.2 Å². The van der Waals surface area contributed by atoms with E-state index in [0.717, 1.165) is 52.6 Å². The molecule has 0 atom stereocenters. The fourth-order valence-electron chi connectivity index (χ4n) is 4.88. The fourth-order valence-corrected chi connectivity index (χ4v) is 4.88.